The van der Waals surface area contributed by atoms with Crippen LogP contribution < -0.4 is 9.62 Å². The van der Waals surface area contributed by atoms with Crippen molar-refractivity contribution in [3.63, 3.8) is 0 Å². The normalized spacial score (nSPS) is 12.5. The molecule has 39 heavy (non-hydrogen) atoms. The van der Waals surface area contributed by atoms with Gasteiger partial charge in [-0.25, -0.2) is 8.42 Å². The van der Waals surface area contributed by atoms with Gasteiger partial charge >= 0.3 is 0 Å². The van der Waals surface area contributed by atoms with Gasteiger partial charge in [0.05, 0.1) is 10.6 Å². The van der Waals surface area contributed by atoms with Crippen LogP contribution >= 0.6 is 0 Å². The van der Waals surface area contributed by atoms with E-state index in [1.165, 1.54) is 4.90 Å². The number of para-hydroxylation sites is 1. The topological polar surface area (TPSA) is 86.8 Å². The van der Waals surface area contributed by atoms with E-state index in [0.29, 0.717) is 11.3 Å². The summed E-state index contributed by atoms with van der Waals surface area (Å²) in [6, 6.07) is 20.5. The second-order valence-corrected chi connectivity index (χ2v) is 12.9. The van der Waals surface area contributed by atoms with Crippen LogP contribution in [0.15, 0.2) is 77.7 Å². The van der Waals surface area contributed by atoms with Crippen LogP contribution in [-0.4, -0.2) is 43.3 Å². The predicted molar refractivity (Wildman–Crippen MR) is 156 cm³/mol. The highest BCUT2D eigenvalue weighted by Gasteiger charge is 2.33. The Morgan fingerprint density at radius 2 is 1.51 bits per heavy atom. The van der Waals surface area contributed by atoms with Crippen molar-refractivity contribution in [2.45, 2.75) is 71.5 Å². The maximum absolute atomic E-state index is 14.0. The number of sulfonamides is 1. The zero-order valence-electron chi connectivity index (χ0n) is 23.9. The molecule has 2 amide bonds. The number of carbonyl (C=O) groups excluding carboxylic acids is 2. The number of nitrogens with zero attached hydrogens (tertiary/aromatic N) is 2. The van der Waals surface area contributed by atoms with Gasteiger partial charge in [0, 0.05) is 12.1 Å². The van der Waals surface area contributed by atoms with Crippen molar-refractivity contribution >= 4 is 27.5 Å². The zero-order chi connectivity index (χ0) is 29.0. The van der Waals surface area contributed by atoms with Crippen LogP contribution in [0.5, 0.6) is 0 Å². The molecule has 8 heteroatoms. The fourth-order valence-electron chi connectivity index (χ4n) is 4.26. The van der Waals surface area contributed by atoms with Crippen LogP contribution in [-0.2, 0) is 26.2 Å². The molecule has 3 aromatic rings. The minimum absolute atomic E-state index is 0.0907. The van der Waals surface area contributed by atoms with E-state index in [2.05, 4.69) is 5.32 Å². The van der Waals surface area contributed by atoms with Crippen LogP contribution in [0, 0.1) is 20.8 Å². The van der Waals surface area contributed by atoms with Crippen LogP contribution in [0.4, 0.5) is 5.69 Å². The van der Waals surface area contributed by atoms with Crippen molar-refractivity contribution in [3.8, 4) is 0 Å². The Morgan fingerprint density at radius 3 is 2.10 bits per heavy atom. The molecule has 0 radical (unpaired) electrons. The number of carbonyl (C=O) groups is 2. The van der Waals surface area contributed by atoms with E-state index in [9.17, 15) is 18.0 Å². The number of anilines is 1. The Balaban J connectivity index is 2.05. The maximum Gasteiger partial charge on any atom is 0.264 e. The van der Waals surface area contributed by atoms with Crippen molar-refractivity contribution in [3.05, 3.63) is 95.1 Å². The standard InChI is InChI=1S/C31H39N3O4S/c1-22-15-17-27(18-16-22)39(37,38)34(28-14-9-8-12-24(28)3)21-29(35)33(20-26-13-10-11-23(2)19-26)25(4)30(36)32-31(5,6)7/h8-19,25H,20-21H2,1-7H3,(H,32,36)/t25-/m0/s1. The average molecular weight is 550 g/mol. The van der Waals surface area contributed by atoms with Gasteiger partial charge in [0.15, 0.2) is 0 Å². The molecule has 0 unspecified atom stereocenters. The fraction of sp³-hybridized carbons (Fsp3) is 0.355. The van der Waals surface area contributed by atoms with E-state index in [0.717, 1.165) is 21.0 Å². The Morgan fingerprint density at radius 1 is 0.872 bits per heavy atom. The third-order valence-electron chi connectivity index (χ3n) is 6.37. The van der Waals surface area contributed by atoms with Crippen LogP contribution in [0.1, 0.15) is 49.9 Å². The predicted octanol–water partition coefficient (Wildman–Crippen LogP) is 5.14. The van der Waals surface area contributed by atoms with E-state index in [-0.39, 0.29) is 17.3 Å². The Hall–Kier alpha value is -3.65. The van der Waals surface area contributed by atoms with Gasteiger partial charge in [-0.15, -0.1) is 0 Å². The average Bonchev–Trinajstić information content (AvgIpc) is 2.85. The summed E-state index contributed by atoms with van der Waals surface area (Å²) in [6.45, 7) is 12.6. The van der Waals surface area contributed by atoms with E-state index in [1.807, 2.05) is 65.0 Å². The van der Waals surface area contributed by atoms with Crippen LogP contribution in [0.3, 0.4) is 0 Å². The molecule has 7 nitrogen and oxygen atoms in total. The summed E-state index contributed by atoms with van der Waals surface area (Å²) in [5.74, 6) is -0.792. The molecule has 3 aromatic carbocycles. The first-order valence-electron chi connectivity index (χ1n) is 13.0. The molecule has 0 bridgehead atoms. The van der Waals surface area contributed by atoms with Crippen molar-refractivity contribution in [1.82, 2.24) is 10.2 Å². The Labute approximate surface area is 232 Å². The minimum Gasteiger partial charge on any atom is -0.350 e. The van der Waals surface area contributed by atoms with Crippen LogP contribution in [0.2, 0.25) is 0 Å². The third kappa shape index (κ3) is 7.69. The summed E-state index contributed by atoms with van der Waals surface area (Å²) in [7, 11) is -4.09. The molecular weight excluding hydrogens is 510 g/mol. The lowest BCUT2D eigenvalue weighted by Gasteiger charge is -2.34. The van der Waals surface area contributed by atoms with Gasteiger partial charge in [0.25, 0.3) is 10.0 Å². The van der Waals surface area contributed by atoms with E-state index >= 15 is 0 Å². The summed E-state index contributed by atoms with van der Waals surface area (Å²) >= 11 is 0. The Bertz CT molecular complexity index is 1430. The van der Waals surface area contributed by atoms with E-state index in [1.54, 1.807) is 56.3 Å². The van der Waals surface area contributed by atoms with E-state index in [4.69, 9.17) is 0 Å². The lowest BCUT2D eigenvalue weighted by molar-refractivity contribution is -0.140. The monoisotopic (exact) mass is 549 g/mol. The first kappa shape index (κ1) is 29.9. The Kier molecular flexibility index (Phi) is 9.22. The molecule has 208 valence electrons. The quantitative estimate of drug-likeness (QED) is 0.401. The summed E-state index contributed by atoms with van der Waals surface area (Å²) in [5, 5.41) is 2.94. The summed E-state index contributed by atoms with van der Waals surface area (Å²) < 4.78 is 29.0. The molecule has 1 atom stereocenters. The molecule has 0 aliphatic rings. The summed E-state index contributed by atoms with van der Waals surface area (Å²) in [4.78, 5) is 28.7. The molecular formula is C31H39N3O4S. The molecule has 0 saturated heterocycles. The number of benzene rings is 3. The number of hydrogen-bond acceptors (Lipinski definition) is 4. The van der Waals surface area contributed by atoms with E-state index < -0.39 is 34.1 Å². The zero-order valence-corrected chi connectivity index (χ0v) is 24.7. The highest BCUT2D eigenvalue weighted by molar-refractivity contribution is 7.92. The fourth-order valence-corrected chi connectivity index (χ4v) is 5.74. The smallest absolute Gasteiger partial charge is 0.264 e. The van der Waals surface area contributed by atoms with Crippen molar-refractivity contribution in [2.24, 2.45) is 0 Å². The highest BCUT2D eigenvalue weighted by Crippen LogP contribution is 2.27. The summed E-state index contributed by atoms with van der Waals surface area (Å²) in [5.41, 5.74) is 3.43. The number of nitrogens with one attached hydrogen (secondary N) is 1. The first-order valence-corrected chi connectivity index (χ1v) is 14.4. The lowest BCUT2D eigenvalue weighted by Crippen LogP contribution is -2.54. The number of rotatable bonds is 9. The second-order valence-electron chi connectivity index (χ2n) is 11.0. The maximum atomic E-state index is 14.0. The molecule has 0 spiro atoms. The SMILES string of the molecule is Cc1ccc(S(=O)(=O)N(CC(=O)N(Cc2cccc(C)c2)[C@@H](C)C(=O)NC(C)(C)C)c2ccccc2C)cc1. The molecule has 0 heterocycles. The minimum atomic E-state index is -4.09. The summed E-state index contributed by atoms with van der Waals surface area (Å²) in [6.07, 6.45) is 0. The van der Waals surface area contributed by atoms with Crippen molar-refractivity contribution in [1.29, 1.82) is 0 Å². The van der Waals surface area contributed by atoms with Crippen molar-refractivity contribution < 1.29 is 18.0 Å². The third-order valence-corrected chi connectivity index (χ3v) is 8.15. The number of aryl methyl sites for hydroxylation is 3. The molecule has 3 rings (SSSR count). The van der Waals surface area contributed by atoms with Gasteiger partial charge in [0.2, 0.25) is 11.8 Å². The molecule has 1 N–H and O–H groups in total. The molecule has 0 aromatic heterocycles. The van der Waals surface area contributed by atoms with Gasteiger partial charge in [-0.3, -0.25) is 13.9 Å². The molecule has 0 saturated carbocycles. The number of hydrogen-bond donors (Lipinski definition) is 1. The largest absolute Gasteiger partial charge is 0.350 e. The highest BCUT2D eigenvalue weighted by atomic mass is 32.2. The van der Waals surface area contributed by atoms with Gasteiger partial charge < -0.3 is 10.2 Å². The van der Waals surface area contributed by atoms with Gasteiger partial charge in [-0.1, -0.05) is 65.7 Å². The molecule has 0 aliphatic carbocycles. The number of amides is 2. The van der Waals surface area contributed by atoms with Crippen LogP contribution in [0.25, 0.3) is 0 Å². The van der Waals surface area contributed by atoms with Gasteiger partial charge in [0.1, 0.15) is 12.6 Å². The first-order chi connectivity index (χ1) is 18.2. The molecule has 0 aliphatic heterocycles. The van der Waals surface area contributed by atoms with Gasteiger partial charge in [-0.2, -0.15) is 0 Å². The van der Waals surface area contributed by atoms with Crippen molar-refractivity contribution in [2.75, 3.05) is 10.8 Å². The second kappa shape index (κ2) is 12.0. The lowest BCUT2D eigenvalue weighted by atomic mass is 10.1. The van der Waals surface area contributed by atoms with Gasteiger partial charge in [-0.05, 0) is 77.8 Å². The molecule has 0 fully saturated rings.